The number of carbonyl (C=O) groups excluding carboxylic acids is 1. The van der Waals surface area contributed by atoms with E-state index in [1.54, 1.807) is 24.0 Å². The first-order valence-electron chi connectivity index (χ1n) is 7.38. The van der Waals surface area contributed by atoms with Crippen molar-refractivity contribution < 1.29 is 9.21 Å². The van der Waals surface area contributed by atoms with E-state index in [4.69, 9.17) is 10.2 Å². The highest BCUT2D eigenvalue weighted by molar-refractivity contribution is 5.94. The maximum absolute atomic E-state index is 12.7. The van der Waals surface area contributed by atoms with E-state index in [2.05, 4.69) is 17.0 Å². The van der Waals surface area contributed by atoms with Crippen LogP contribution in [0.25, 0.3) is 11.5 Å². The quantitative estimate of drug-likeness (QED) is 0.917. The number of oxazole rings is 1. The molecule has 1 unspecified atom stereocenters. The van der Waals surface area contributed by atoms with E-state index in [1.165, 1.54) is 0 Å². The lowest BCUT2D eigenvalue weighted by molar-refractivity contribution is 0.0770. The van der Waals surface area contributed by atoms with E-state index >= 15 is 0 Å². The van der Waals surface area contributed by atoms with Gasteiger partial charge in [0.15, 0.2) is 5.69 Å². The number of amides is 1. The monoisotopic (exact) mass is 339 g/mol. The maximum atomic E-state index is 12.7. The molecule has 3 heterocycles. The van der Waals surface area contributed by atoms with Gasteiger partial charge in [0, 0.05) is 26.3 Å². The number of hydrogen-bond donors (Lipinski definition) is 1. The Morgan fingerprint density at radius 3 is 2.83 bits per heavy atom. The van der Waals surface area contributed by atoms with Crippen LogP contribution in [0.4, 0.5) is 0 Å². The summed E-state index contributed by atoms with van der Waals surface area (Å²) >= 11 is 0. The summed E-state index contributed by atoms with van der Waals surface area (Å²) in [6.45, 7) is 5.82. The molecule has 8 heteroatoms. The Labute approximate surface area is 141 Å². The van der Waals surface area contributed by atoms with Gasteiger partial charge < -0.3 is 15.1 Å². The van der Waals surface area contributed by atoms with Crippen molar-refractivity contribution in [3.05, 3.63) is 23.8 Å². The minimum absolute atomic E-state index is 0. The normalized spacial score (nSPS) is 20.6. The molecule has 2 aromatic heterocycles. The zero-order valence-electron chi connectivity index (χ0n) is 13.6. The molecule has 1 saturated heterocycles. The molecule has 1 fully saturated rings. The van der Waals surface area contributed by atoms with Gasteiger partial charge in [0.1, 0.15) is 5.76 Å². The van der Waals surface area contributed by atoms with Crippen LogP contribution in [-0.4, -0.2) is 45.2 Å². The molecule has 0 radical (unpaired) electrons. The Kier molecular flexibility index (Phi) is 4.81. The Morgan fingerprint density at radius 2 is 2.26 bits per heavy atom. The highest BCUT2D eigenvalue weighted by atomic mass is 35.5. The second-order valence-corrected chi connectivity index (χ2v) is 6.32. The van der Waals surface area contributed by atoms with Gasteiger partial charge in [-0.25, -0.2) is 4.98 Å². The third-order valence-electron chi connectivity index (χ3n) is 4.29. The Balaban J connectivity index is 0.00000192. The first kappa shape index (κ1) is 17.5. The van der Waals surface area contributed by atoms with E-state index in [9.17, 15) is 4.79 Å². The molecule has 1 atom stereocenters. The maximum Gasteiger partial charge on any atom is 0.276 e. The van der Waals surface area contributed by atoms with E-state index in [0.29, 0.717) is 37.0 Å². The third-order valence-corrected chi connectivity index (χ3v) is 4.29. The van der Waals surface area contributed by atoms with Crippen molar-refractivity contribution in [3.63, 3.8) is 0 Å². The van der Waals surface area contributed by atoms with Crippen LogP contribution in [0.1, 0.15) is 29.6 Å². The smallest absolute Gasteiger partial charge is 0.276 e. The van der Waals surface area contributed by atoms with Gasteiger partial charge in [-0.2, -0.15) is 5.10 Å². The van der Waals surface area contributed by atoms with Crippen molar-refractivity contribution in [2.75, 3.05) is 19.6 Å². The van der Waals surface area contributed by atoms with Crippen molar-refractivity contribution in [1.82, 2.24) is 19.7 Å². The molecule has 1 aliphatic heterocycles. The van der Waals surface area contributed by atoms with Crippen LogP contribution in [0.15, 0.2) is 16.8 Å². The van der Waals surface area contributed by atoms with Crippen LogP contribution < -0.4 is 5.73 Å². The van der Waals surface area contributed by atoms with Crippen LogP contribution in [-0.2, 0) is 7.05 Å². The molecular weight excluding hydrogens is 318 g/mol. The molecule has 0 saturated carbocycles. The number of aryl methyl sites for hydroxylation is 2. The number of hydrogen-bond acceptors (Lipinski definition) is 5. The number of nitrogens with zero attached hydrogens (tertiary/aromatic N) is 4. The number of carbonyl (C=O) groups is 1. The molecule has 7 nitrogen and oxygen atoms in total. The number of likely N-dealkylation sites (tertiary alicyclic amines) is 1. The average molecular weight is 340 g/mol. The van der Waals surface area contributed by atoms with Gasteiger partial charge in [-0.05, 0) is 25.3 Å². The number of halogens is 1. The van der Waals surface area contributed by atoms with Crippen LogP contribution in [0.5, 0.6) is 0 Å². The molecule has 0 bridgehead atoms. The second kappa shape index (κ2) is 6.33. The largest absolute Gasteiger partial charge is 0.440 e. The summed E-state index contributed by atoms with van der Waals surface area (Å²) in [4.78, 5) is 18.8. The van der Waals surface area contributed by atoms with E-state index < -0.39 is 0 Å². The lowest BCUT2D eigenvalue weighted by Gasteiger charge is -2.22. The minimum Gasteiger partial charge on any atom is -0.440 e. The lowest BCUT2D eigenvalue weighted by atomic mass is 9.90. The van der Waals surface area contributed by atoms with Crippen LogP contribution >= 0.6 is 12.4 Å². The van der Waals surface area contributed by atoms with Crippen LogP contribution in [0.2, 0.25) is 0 Å². The van der Waals surface area contributed by atoms with Gasteiger partial charge in [0.25, 0.3) is 5.91 Å². The third kappa shape index (κ3) is 3.25. The zero-order chi connectivity index (χ0) is 15.9. The van der Waals surface area contributed by atoms with Crippen molar-refractivity contribution in [2.24, 2.45) is 18.2 Å². The summed E-state index contributed by atoms with van der Waals surface area (Å²) in [7, 11) is 1.82. The Morgan fingerprint density at radius 1 is 1.52 bits per heavy atom. The van der Waals surface area contributed by atoms with Gasteiger partial charge in [0.2, 0.25) is 5.89 Å². The average Bonchev–Trinajstić information content (AvgIpc) is 3.18. The SMILES string of the molecule is Cc1oc(-c2cnn(C)c2)nc1C(=O)N1CCC(C)(CN)C1.Cl. The molecule has 1 amide bonds. The predicted molar refractivity (Wildman–Crippen MR) is 88.4 cm³/mol. The highest BCUT2D eigenvalue weighted by Crippen LogP contribution is 2.30. The Hall–Kier alpha value is -1.86. The van der Waals surface area contributed by atoms with Gasteiger partial charge in [-0.3, -0.25) is 9.48 Å². The summed E-state index contributed by atoms with van der Waals surface area (Å²) in [5.41, 5.74) is 6.94. The van der Waals surface area contributed by atoms with Crippen LogP contribution in [0, 0.1) is 12.3 Å². The van der Waals surface area contributed by atoms with Gasteiger partial charge in [-0.1, -0.05) is 6.92 Å². The van der Waals surface area contributed by atoms with Crippen molar-refractivity contribution in [1.29, 1.82) is 0 Å². The van der Waals surface area contributed by atoms with E-state index in [0.717, 1.165) is 12.0 Å². The summed E-state index contributed by atoms with van der Waals surface area (Å²) in [5.74, 6) is 0.869. The van der Waals surface area contributed by atoms with Crippen molar-refractivity contribution in [3.8, 4) is 11.5 Å². The minimum atomic E-state index is -0.0893. The molecule has 0 spiro atoms. The number of aromatic nitrogens is 3. The molecule has 2 aromatic rings. The fraction of sp³-hybridized carbons (Fsp3) is 0.533. The molecule has 3 rings (SSSR count). The van der Waals surface area contributed by atoms with E-state index in [-0.39, 0.29) is 23.7 Å². The van der Waals surface area contributed by atoms with Gasteiger partial charge in [0.05, 0.1) is 11.8 Å². The second-order valence-electron chi connectivity index (χ2n) is 6.32. The number of rotatable bonds is 3. The number of nitrogens with two attached hydrogens (primary N) is 1. The first-order chi connectivity index (χ1) is 10.4. The molecule has 0 aromatic carbocycles. The van der Waals surface area contributed by atoms with Crippen molar-refractivity contribution >= 4 is 18.3 Å². The zero-order valence-corrected chi connectivity index (χ0v) is 14.4. The fourth-order valence-electron chi connectivity index (χ4n) is 2.76. The van der Waals surface area contributed by atoms with Crippen LogP contribution in [0.3, 0.4) is 0 Å². The molecular formula is C15H22ClN5O2. The molecule has 0 aliphatic carbocycles. The summed E-state index contributed by atoms with van der Waals surface area (Å²) in [6.07, 6.45) is 4.39. The predicted octanol–water partition coefficient (Wildman–Crippen LogP) is 1.62. The highest BCUT2D eigenvalue weighted by Gasteiger charge is 2.36. The van der Waals surface area contributed by atoms with Gasteiger partial charge >= 0.3 is 0 Å². The van der Waals surface area contributed by atoms with Gasteiger partial charge in [-0.15, -0.1) is 12.4 Å². The molecule has 2 N–H and O–H groups in total. The summed E-state index contributed by atoms with van der Waals surface area (Å²) in [6, 6.07) is 0. The standard InChI is InChI=1S/C15H21N5O2.ClH/c1-10-12(14(21)20-5-4-15(2,8-16)9-20)18-13(22-10)11-6-17-19(3)7-11;/h6-7H,4-5,8-9,16H2,1-3H3;1H. The lowest BCUT2D eigenvalue weighted by Crippen LogP contribution is -2.34. The molecule has 1 aliphatic rings. The van der Waals surface area contributed by atoms with E-state index in [1.807, 2.05) is 11.9 Å². The first-order valence-corrected chi connectivity index (χ1v) is 7.38. The fourth-order valence-corrected chi connectivity index (χ4v) is 2.76. The molecule has 23 heavy (non-hydrogen) atoms. The van der Waals surface area contributed by atoms with Crippen molar-refractivity contribution in [2.45, 2.75) is 20.3 Å². The topological polar surface area (TPSA) is 90.2 Å². The Bertz CT molecular complexity index is 711. The molecule has 126 valence electrons. The summed E-state index contributed by atoms with van der Waals surface area (Å²) in [5, 5.41) is 4.09. The summed E-state index contributed by atoms with van der Waals surface area (Å²) < 4.78 is 7.31.